The zero-order valence-electron chi connectivity index (χ0n) is 11.5. The van der Waals surface area contributed by atoms with Crippen LogP contribution in [0.3, 0.4) is 0 Å². The molecular weight excluding hydrogens is 292 g/mol. The van der Waals surface area contributed by atoms with Crippen LogP contribution in [-0.2, 0) is 6.54 Å². The van der Waals surface area contributed by atoms with Crippen LogP contribution in [0.4, 0.5) is 5.69 Å². The van der Waals surface area contributed by atoms with E-state index in [0.717, 1.165) is 18.7 Å². The highest BCUT2D eigenvalue weighted by Crippen LogP contribution is 2.32. The SMILES string of the molecule is CCNCc1ccc(Oc2cc([N+](=O)[O-])ccc2Cl)cc1. The van der Waals surface area contributed by atoms with Crippen LogP contribution in [0.5, 0.6) is 11.5 Å². The maximum Gasteiger partial charge on any atom is 0.273 e. The Kier molecular flexibility index (Phi) is 5.14. The van der Waals surface area contributed by atoms with Gasteiger partial charge in [0.25, 0.3) is 5.69 Å². The van der Waals surface area contributed by atoms with Gasteiger partial charge in [-0.3, -0.25) is 10.1 Å². The average molecular weight is 307 g/mol. The topological polar surface area (TPSA) is 64.4 Å². The molecule has 0 aliphatic rings. The van der Waals surface area contributed by atoms with Crippen LogP contribution in [0.2, 0.25) is 5.02 Å². The van der Waals surface area contributed by atoms with E-state index < -0.39 is 4.92 Å². The number of nitro groups is 1. The van der Waals surface area contributed by atoms with Gasteiger partial charge >= 0.3 is 0 Å². The molecule has 0 aliphatic heterocycles. The number of hydrogen-bond donors (Lipinski definition) is 1. The average Bonchev–Trinajstić information content (AvgIpc) is 2.48. The number of ether oxygens (including phenoxy) is 1. The number of hydrogen-bond acceptors (Lipinski definition) is 4. The van der Waals surface area contributed by atoms with Gasteiger partial charge in [0.2, 0.25) is 0 Å². The molecule has 0 radical (unpaired) electrons. The van der Waals surface area contributed by atoms with E-state index in [2.05, 4.69) is 5.32 Å². The summed E-state index contributed by atoms with van der Waals surface area (Å²) in [5.41, 5.74) is 1.08. The van der Waals surface area contributed by atoms with Gasteiger partial charge in [0.05, 0.1) is 16.0 Å². The molecule has 0 saturated heterocycles. The quantitative estimate of drug-likeness (QED) is 0.643. The minimum atomic E-state index is -0.483. The standard InChI is InChI=1S/C15H15ClN2O3/c1-2-17-10-11-3-6-13(7-4-11)21-15-9-12(18(19)20)5-8-14(15)16/h3-9,17H,2,10H2,1H3. The van der Waals surface area contributed by atoms with Crippen molar-refractivity contribution in [3.05, 3.63) is 63.2 Å². The highest BCUT2D eigenvalue weighted by molar-refractivity contribution is 6.32. The van der Waals surface area contributed by atoms with Crippen molar-refractivity contribution in [3.8, 4) is 11.5 Å². The molecule has 0 amide bonds. The first-order valence-corrected chi connectivity index (χ1v) is 6.89. The van der Waals surface area contributed by atoms with E-state index >= 15 is 0 Å². The molecule has 0 heterocycles. The number of nitro benzene ring substituents is 1. The number of halogens is 1. The summed E-state index contributed by atoms with van der Waals surface area (Å²) < 4.78 is 5.60. The Labute approximate surface area is 127 Å². The number of rotatable bonds is 6. The van der Waals surface area contributed by atoms with E-state index in [1.807, 2.05) is 31.2 Å². The summed E-state index contributed by atoms with van der Waals surface area (Å²) in [6, 6.07) is 11.6. The first-order valence-electron chi connectivity index (χ1n) is 6.51. The number of benzene rings is 2. The maximum absolute atomic E-state index is 10.8. The fourth-order valence-electron chi connectivity index (χ4n) is 1.76. The molecular formula is C15H15ClN2O3. The lowest BCUT2D eigenvalue weighted by Crippen LogP contribution is -2.11. The Morgan fingerprint density at radius 2 is 1.95 bits per heavy atom. The van der Waals surface area contributed by atoms with Crippen LogP contribution in [0, 0.1) is 10.1 Å². The minimum absolute atomic E-state index is 0.0573. The Morgan fingerprint density at radius 1 is 1.24 bits per heavy atom. The van der Waals surface area contributed by atoms with Gasteiger partial charge in [0.15, 0.2) is 5.75 Å². The molecule has 21 heavy (non-hydrogen) atoms. The van der Waals surface area contributed by atoms with Gasteiger partial charge in [-0.1, -0.05) is 30.7 Å². The van der Waals surface area contributed by atoms with Crippen LogP contribution in [-0.4, -0.2) is 11.5 Å². The molecule has 0 saturated carbocycles. The Bertz CT molecular complexity index is 629. The molecule has 0 bridgehead atoms. The fraction of sp³-hybridized carbons (Fsp3) is 0.200. The molecule has 2 rings (SSSR count). The van der Waals surface area contributed by atoms with Gasteiger partial charge in [0, 0.05) is 12.6 Å². The Hall–Kier alpha value is -2.11. The van der Waals surface area contributed by atoms with Gasteiger partial charge in [0.1, 0.15) is 5.75 Å². The lowest BCUT2D eigenvalue weighted by molar-refractivity contribution is -0.384. The number of nitrogens with zero attached hydrogens (tertiary/aromatic N) is 1. The zero-order valence-corrected chi connectivity index (χ0v) is 12.3. The zero-order chi connectivity index (χ0) is 15.2. The van der Waals surface area contributed by atoms with Crippen molar-refractivity contribution in [2.75, 3.05) is 6.54 Å². The van der Waals surface area contributed by atoms with Crippen molar-refractivity contribution < 1.29 is 9.66 Å². The number of nitrogens with one attached hydrogen (secondary N) is 1. The summed E-state index contributed by atoms with van der Waals surface area (Å²) in [7, 11) is 0. The van der Waals surface area contributed by atoms with Crippen LogP contribution < -0.4 is 10.1 Å². The van der Waals surface area contributed by atoms with E-state index in [0.29, 0.717) is 10.8 Å². The molecule has 5 nitrogen and oxygen atoms in total. The minimum Gasteiger partial charge on any atom is -0.456 e. The normalized spacial score (nSPS) is 10.4. The second kappa shape index (κ2) is 7.06. The predicted molar refractivity (Wildman–Crippen MR) is 82.0 cm³/mol. The van der Waals surface area contributed by atoms with Gasteiger partial charge in [-0.2, -0.15) is 0 Å². The second-order valence-corrected chi connectivity index (χ2v) is 4.81. The molecule has 0 aromatic heterocycles. The molecule has 0 spiro atoms. The summed E-state index contributed by atoms with van der Waals surface area (Å²) in [6.07, 6.45) is 0. The van der Waals surface area contributed by atoms with Gasteiger partial charge in [-0.15, -0.1) is 0 Å². The smallest absolute Gasteiger partial charge is 0.273 e. The van der Waals surface area contributed by atoms with E-state index in [1.165, 1.54) is 18.2 Å². The first-order chi connectivity index (χ1) is 10.1. The molecule has 0 fully saturated rings. The van der Waals surface area contributed by atoms with Gasteiger partial charge in [-0.05, 0) is 30.3 Å². The molecule has 2 aromatic carbocycles. The molecule has 6 heteroatoms. The van der Waals surface area contributed by atoms with E-state index in [-0.39, 0.29) is 11.4 Å². The van der Waals surface area contributed by atoms with Crippen molar-refractivity contribution in [1.29, 1.82) is 0 Å². The first kappa shape index (κ1) is 15.3. The lowest BCUT2D eigenvalue weighted by atomic mass is 10.2. The molecule has 0 unspecified atom stereocenters. The fourth-order valence-corrected chi connectivity index (χ4v) is 1.91. The van der Waals surface area contributed by atoms with Gasteiger partial charge < -0.3 is 10.1 Å². The molecule has 0 aliphatic carbocycles. The molecule has 110 valence electrons. The highest BCUT2D eigenvalue weighted by Gasteiger charge is 2.11. The van der Waals surface area contributed by atoms with E-state index in [4.69, 9.17) is 16.3 Å². The molecule has 1 N–H and O–H groups in total. The summed E-state index contributed by atoms with van der Waals surface area (Å²) >= 11 is 5.99. The second-order valence-electron chi connectivity index (χ2n) is 4.40. The summed E-state index contributed by atoms with van der Waals surface area (Å²) in [4.78, 5) is 10.3. The van der Waals surface area contributed by atoms with Crippen molar-refractivity contribution >= 4 is 17.3 Å². The maximum atomic E-state index is 10.8. The van der Waals surface area contributed by atoms with Crippen LogP contribution >= 0.6 is 11.6 Å². The van der Waals surface area contributed by atoms with Crippen molar-refractivity contribution in [3.63, 3.8) is 0 Å². The third-order valence-corrected chi connectivity index (χ3v) is 3.17. The monoisotopic (exact) mass is 306 g/mol. The van der Waals surface area contributed by atoms with E-state index in [1.54, 1.807) is 0 Å². The van der Waals surface area contributed by atoms with Crippen molar-refractivity contribution in [1.82, 2.24) is 5.32 Å². The lowest BCUT2D eigenvalue weighted by Gasteiger charge is -2.08. The molecule has 0 atom stereocenters. The summed E-state index contributed by atoms with van der Waals surface area (Å²) in [5.74, 6) is 0.850. The summed E-state index contributed by atoms with van der Waals surface area (Å²) in [6.45, 7) is 3.73. The van der Waals surface area contributed by atoms with Crippen molar-refractivity contribution in [2.24, 2.45) is 0 Å². The number of non-ortho nitro benzene ring substituents is 1. The molecule has 2 aromatic rings. The van der Waals surface area contributed by atoms with Crippen LogP contribution in [0.1, 0.15) is 12.5 Å². The Balaban J connectivity index is 2.14. The third kappa shape index (κ3) is 4.18. The van der Waals surface area contributed by atoms with Crippen molar-refractivity contribution in [2.45, 2.75) is 13.5 Å². The predicted octanol–water partition coefficient (Wildman–Crippen LogP) is 4.15. The third-order valence-electron chi connectivity index (χ3n) is 2.86. The van der Waals surface area contributed by atoms with Gasteiger partial charge in [-0.25, -0.2) is 0 Å². The van der Waals surface area contributed by atoms with Crippen LogP contribution in [0.25, 0.3) is 0 Å². The Morgan fingerprint density at radius 3 is 2.57 bits per heavy atom. The summed E-state index contributed by atoms with van der Waals surface area (Å²) in [5, 5.41) is 14.3. The largest absolute Gasteiger partial charge is 0.456 e. The van der Waals surface area contributed by atoms with E-state index in [9.17, 15) is 10.1 Å². The van der Waals surface area contributed by atoms with Crippen LogP contribution in [0.15, 0.2) is 42.5 Å². The highest BCUT2D eigenvalue weighted by atomic mass is 35.5.